The average Bonchev–Trinajstić information content (AvgIpc) is 2.45. The third-order valence-corrected chi connectivity index (χ3v) is 3.76. The van der Waals surface area contributed by atoms with Crippen LogP contribution in [0, 0.1) is 0 Å². The lowest BCUT2D eigenvalue weighted by atomic mass is 10.0. The average molecular weight is 270 g/mol. The van der Waals surface area contributed by atoms with Gasteiger partial charge in [0.05, 0.1) is 0 Å². The van der Waals surface area contributed by atoms with E-state index < -0.39 is 0 Å². The van der Waals surface area contributed by atoms with Crippen molar-refractivity contribution in [1.29, 1.82) is 0 Å². The monoisotopic (exact) mass is 270 g/mol. The molecule has 0 unspecified atom stereocenters. The van der Waals surface area contributed by atoms with Crippen molar-refractivity contribution < 1.29 is 10.2 Å². The zero-order chi connectivity index (χ0) is 14.5. The lowest BCUT2D eigenvalue weighted by Gasteiger charge is -2.08. The second kappa shape index (κ2) is 6.47. The van der Waals surface area contributed by atoms with Crippen molar-refractivity contribution in [3.8, 4) is 11.5 Å². The van der Waals surface area contributed by atoms with Gasteiger partial charge in [0.2, 0.25) is 0 Å². The van der Waals surface area contributed by atoms with Crippen LogP contribution in [0.5, 0.6) is 11.5 Å². The summed E-state index contributed by atoms with van der Waals surface area (Å²) < 4.78 is 0. The summed E-state index contributed by atoms with van der Waals surface area (Å²) in [5.41, 5.74) is 4.22. The van der Waals surface area contributed by atoms with Crippen molar-refractivity contribution in [2.75, 3.05) is 0 Å². The standard InChI is InChI=1S/C18H22O2/c1-3-15-9-7-13(11-17(15)19)5-6-14-8-10-16(4-2)18(20)12-14/h7-12,19-20H,3-6H2,1-2H3. The molecule has 2 nitrogen and oxygen atoms in total. The quantitative estimate of drug-likeness (QED) is 0.862. The summed E-state index contributed by atoms with van der Waals surface area (Å²) in [6, 6.07) is 11.8. The molecule has 2 N–H and O–H groups in total. The molecule has 0 amide bonds. The van der Waals surface area contributed by atoms with Gasteiger partial charge in [0.15, 0.2) is 0 Å². The van der Waals surface area contributed by atoms with Gasteiger partial charge < -0.3 is 10.2 Å². The van der Waals surface area contributed by atoms with Gasteiger partial charge in [-0.3, -0.25) is 0 Å². The van der Waals surface area contributed by atoms with E-state index in [1.807, 2.05) is 38.1 Å². The smallest absolute Gasteiger partial charge is 0.119 e. The van der Waals surface area contributed by atoms with Gasteiger partial charge in [-0.1, -0.05) is 38.1 Å². The summed E-state index contributed by atoms with van der Waals surface area (Å²) in [7, 11) is 0. The Bertz CT molecular complexity index is 534. The van der Waals surface area contributed by atoms with E-state index >= 15 is 0 Å². The zero-order valence-corrected chi connectivity index (χ0v) is 12.2. The Balaban J connectivity index is 2.05. The minimum absolute atomic E-state index is 0.383. The Morgan fingerprint density at radius 2 is 1.10 bits per heavy atom. The highest BCUT2D eigenvalue weighted by Crippen LogP contribution is 2.22. The van der Waals surface area contributed by atoms with E-state index in [-0.39, 0.29) is 0 Å². The lowest BCUT2D eigenvalue weighted by molar-refractivity contribution is 0.467. The third kappa shape index (κ3) is 3.32. The van der Waals surface area contributed by atoms with Crippen molar-refractivity contribution in [3.63, 3.8) is 0 Å². The van der Waals surface area contributed by atoms with Gasteiger partial charge in [-0.25, -0.2) is 0 Å². The maximum atomic E-state index is 9.86. The maximum Gasteiger partial charge on any atom is 0.119 e. The van der Waals surface area contributed by atoms with Gasteiger partial charge >= 0.3 is 0 Å². The summed E-state index contributed by atoms with van der Waals surface area (Å²) in [6.07, 6.45) is 3.42. The molecule has 0 saturated carbocycles. The van der Waals surface area contributed by atoms with Crippen LogP contribution in [-0.4, -0.2) is 10.2 Å². The highest BCUT2D eigenvalue weighted by Gasteiger charge is 2.04. The van der Waals surface area contributed by atoms with Crippen LogP contribution in [0.4, 0.5) is 0 Å². The van der Waals surface area contributed by atoms with Gasteiger partial charge in [0.25, 0.3) is 0 Å². The third-order valence-electron chi connectivity index (χ3n) is 3.76. The predicted molar refractivity (Wildman–Crippen MR) is 82.4 cm³/mol. The molecule has 0 atom stereocenters. The fourth-order valence-electron chi connectivity index (χ4n) is 2.42. The highest BCUT2D eigenvalue weighted by atomic mass is 16.3. The van der Waals surface area contributed by atoms with Gasteiger partial charge in [0.1, 0.15) is 11.5 Å². The molecule has 0 aromatic heterocycles. The summed E-state index contributed by atoms with van der Waals surface area (Å²) >= 11 is 0. The molecule has 20 heavy (non-hydrogen) atoms. The van der Waals surface area contributed by atoms with Crippen molar-refractivity contribution in [1.82, 2.24) is 0 Å². The number of phenols is 2. The number of aromatic hydroxyl groups is 2. The van der Waals surface area contributed by atoms with E-state index in [1.54, 1.807) is 0 Å². The first kappa shape index (κ1) is 14.4. The van der Waals surface area contributed by atoms with Crippen LogP contribution in [0.3, 0.4) is 0 Å². The van der Waals surface area contributed by atoms with Crippen LogP contribution in [0.25, 0.3) is 0 Å². The van der Waals surface area contributed by atoms with E-state index in [1.165, 1.54) is 0 Å². The second-order valence-electron chi connectivity index (χ2n) is 5.13. The Labute approximate surface area is 120 Å². The largest absolute Gasteiger partial charge is 0.508 e. The first-order valence-corrected chi connectivity index (χ1v) is 7.25. The number of phenolic OH excluding ortho intramolecular Hbond substituents is 2. The summed E-state index contributed by atoms with van der Waals surface area (Å²) in [5.74, 6) is 0.767. The molecule has 2 aromatic rings. The summed E-state index contributed by atoms with van der Waals surface area (Å²) in [5, 5.41) is 19.7. The number of aryl methyl sites for hydroxylation is 4. The Morgan fingerprint density at radius 1 is 0.700 bits per heavy atom. The summed E-state index contributed by atoms with van der Waals surface area (Å²) in [6.45, 7) is 4.07. The minimum atomic E-state index is 0.383. The maximum absolute atomic E-state index is 9.86. The fourth-order valence-corrected chi connectivity index (χ4v) is 2.42. The van der Waals surface area contributed by atoms with Crippen LogP contribution in [-0.2, 0) is 25.7 Å². The van der Waals surface area contributed by atoms with E-state index in [0.717, 1.165) is 47.9 Å². The molecule has 0 heterocycles. The molecular weight excluding hydrogens is 248 g/mol. The number of hydrogen-bond acceptors (Lipinski definition) is 2. The van der Waals surface area contributed by atoms with Crippen molar-refractivity contribution in [2.24, 2.45) is 0 Å². The van der Waals surface area contributed by atoms with Gasteiger partial charge in [-0.05, 0) is 60.1 Å². The second-order valence-corrected chi connectivity index (χ2v) is 5.13. The number of benzene rings is 2. The molecular formula is C18H22O2. The molecule has 2 aromatic carbocycles. The van der Waals surface area contributed by atoms with Crippen molar-refractivity contribution in [3.05, 3.63) is 58.7 Å². The molecule has 0 spiro atoms. The Morgan fingerprint density at radius 3 is 1.40 bits per heavy atom. The SMILES string of the molecule is CCc1ccc(CCc2ccc(CC)c(O)c2)cc1O. The summed E-state index contributed by atoms with van der Waals surface area (Å²) in [4.78, 5) is 0. The fraction of sp³-hybridized carbons (Fsp3) is 0.333. The topological polar surface area (TPSA) is 40.5 Å². The molecule has 0 bridgehead atoms. The number of hydrogen-bond donors (Lipinski definition) is 2. The number of rotatable bonds is 5. The van der Waals surface area contributed by atoms with Gasteiger partial charge in [-0.2, -0.15) is 0 Å². The van der Waals surface area contributed by atoms with Crippen LogP contribution >= 0.6 is 0 Å². The Hall–Kier alpha value is -1.96. The minimum Gasteiger partial charge on any atom is -0.508 e. The van der Waals surface area contributed by atoms with Crippen LogP contribution < -0.4 is 0 Å². The normalized spacial score (nSPS) is 10.7. The van der Waals surface area contributed by atoms with E-state index in [2.05, 4.69) is 12.1 Å². The molecule has 0 aliphatic heterocycles. The van der Waals surface area contributed by atoms with E-state index in [0.29, 0.717) is 11.5 Å². The van der Waals surface area contributed by atoms with Crippen molar-refractivity contribution >= 4 is 0 Å². The van der Waals surface area contributed by atoms with Crippen LogP contribution in [0.15, 0.2) is 36.4 Å². The first-order valence-electron chi connectivity index (χ1n) is 7.25. The molecule has 106 valence electrons. The highest BCUT2D eigenvalue weighted by molar-refractivity contribution is 5.38. The van der Waals surface area contributed by atoms with E-state index in [9.17, 15) is 10.2 Å². The van der Waals surface area contributed by atoms with Gasteiger partial charge in [-0.15, -0.1) is 0 Å². The molecule has 0 radical (unpaired) electrons. The predicted octanol–water partition coefficient (Wildman–Crippen LogP) is 4.01. The van der Waals surface area contributed by atoms with Gasteiger partial charge in [0, 0.05) is 0 Å². The molecule has 0 aliphatic rings. The van der Waals surface area contributed by atoms with Crippen LogP contribution in [0.2, 0.25) is 0 Å². The molecule has 2 heteroatoms. The Kier molecular flexibility index (Phi) is 4.67. The van der Waals surface area contributed by atoms with E-state index in [4.69, 9.17) is 0 Å². The molecule has 0 saturated heterocycles. The molecule has 2 rings (SSSR count). The van der Waals surface area contributed by atoms with Crippen LogP contribution in [0.1, 0.15) is 36.1 Å². The molecule has 0 fully saturated rings. The molecule has 0 aliphatic carbocycles. The first-order chi connectivity index (χ1) is 9.63. The zero-order valence-electron chi connectivity index (χ0n) is 12.2. The lowest BCUT2D eigenvalue weighted by Crippen LogP contribution is -1.93. The van der Waals surface area contributed by atoms with Crippen molar-refractivity contribution in [2.45, 2.75) is 39.5 Å².